The van der Waals surface area contributed by atoms with Crippen molar-refractivity contribution in [3.05, 3.63) is 47.3 Å². The van der Waals surface area contributed by atoms with Crippen molar-refractivity contribution in [2.75, 3.05) is 5.32 Å². The number of pyridine rings is 1. The van der Waals surface area contributed by atoms with Crippen LogP contribution in [-0.2, 0) is 0 Å². The second-order valence-corrected chi connectivity index (χ2v) is 3.86. The third-order valence-corrected chi connectivity index (χ3v) is 2.37. The molecule has 0 aromatic carbocycles. The third kappa shape index (κ3) is 3.10. The van der Waals surface area contributed by atoms with Crippen molar-refractivity contribution in [3.8, 4) is 0 Å². The average molecular weight is 253 g/mol. The molecule has 1 unspecified atom stereocenters. The molecule has 0 aliphatic carbocycles. The molecule has 0 aliphatic heterocycles. The van der Waals surface area contributed by atoms with E-state index >= 15 is 0 Å². The summed E-state index contributed by atoms with van der Waals surface area (Å²) in [6.45, 7) is 1.88. The molecule has 88 valence electrons. The first-order valence-corrected chi connectivity index (χ1v) is 5.39. The maximum Gasteiger partial charge on any atom is 0.224 e. The Balaban J connectivity index is 2.11. The van der Waals surface area contributed by atoms with Gasteiger partial charge < -0.3 is 5.32 Å². The second kappa shape index (κ2) is 5.05. The summed E-state index contributed by atoms with van der Waals surface area (Å²) < 4.78 is 12.7. The van der Waals surface area contributed by atoms with E-state index < -0.39 is 0 Å². The maximum absolute atomic E-state index is 12.7. The van der Waals surface area contributed by atoms with Crippen LogP contribution in [0.5, 0.6) is 0 Å². The van der Waals surface area contributed by atoms with Gasteiger partial charge in [0.25, 0.3) is 0 Å². The Kier molecular flexibility index (Phi) is 3.49. The summed E-state index contributed by atoms with van der Waals surface area (Å²) in [5, 5.41) is 3.39. The van der Waals surface area contributed by atoms with Crippen LogP contribution in [0.1, 0.15) is 18.7 Å². The van der Waals surface area contributed by atoms with E-state index in [2.05, 4.69) is 20.3 Å². The van der Waals surface area contributed by atoms with Crippen molar-refractivity contribution in [2.24, 2.45) is 0 Å². The Morgan fingerprint density at radius 1 is 1.29 bits per heavy atom. The SMILES string of the molecule is CC(Nc1nccc(Cl)n1)c1ccc(F)cn1. The Morgan fingerprint density at radius 3 is 2.76 bits per heavy atom. The smallest absolute Gasteiger partial charge is 0.224 e. The van der Waals surface area contributed by atoms with Crippen LogP contribution in [0.15, 0.2) is 30.6 Å². The van der Waals surface area contributed by atoms with Crippen molar-refractivity contribution in [2.45, 2.75) is 13.0 Å². The quantitative estimate of drug-likeness (QED) is 0.854. The molecule has 0 bridgehead atoms. The van der Waals surface area contributed by atoms with E-state index in [-0.39, 0.29) is 11.9 Å². The van der Waals surface area contributed by atoms with Gasteiger partial charge in [0.05, 0.1) is 17.9 Å². The molecular formula is C11H10ClFN4. The summed E-state index contributed by atoms with van der Waals surface area (Å²) in [6.07, 6.45) is 2.73. The van der Waals surface area contributed by atoms with Gasteiger partial charge in [-0.2, -0.15) is 0 Å². The van der Waals surface area contributed by atoms with E-state index in [1.54, 1.807) is 18.3 Å². The number of hydrogen-bond acceptors (Lipinski definition) is 4. The molecule has 2 aromatic heterocycles. The van der Waals surface area contributed by atoms with E-state index in [9.17, 15) is 4.39 Å². The molecule has 0 amide bonds. The highest BCUT2D eigenvalue weighted by Gasteiger charge is 2.08. The maximum atomic E-state index is 12.7. The van der Waals surface area contributed by atoms with Crippen LogP contribution in [-0.4, -0.2) is 15.0 Å². The molecule has 2 heterocycles. The van der Waals surface area contributed by atoms with Crippen LogP contribution in [0, 0.1) is 5.82 Å². The lowest BCUT2D eigenvalue weighted by atomic mass is 10.2. The molecule has 0 radical (unpaired) electrons. The molecule has 2 rings (SSSR count). The van der Waals surface area contributed by atoms with E-state index in [1.165, 1.54) is 12.3 Å². The van der Waals surface area contributed by atoms with Gasteiger partial charge in [-0.05, 0) is 25.1 Å². The number of hydrogen-bond donors (Lipinski definition) is 1. The van der Waals surface area contributed by atoms with Crippen molar-refractivity contribution in [1.82, 2.24) is 15.0 Å². The average Bonchev–Trinajstić information content (AvgIpc) is 2.29. The van der Waals surface area contributed by atoms with Gasteiger partial charge >= 0.3 is 0 Å². The van der Waals surface area contributed by atoms with Crippen LogP contribution in [0.2, 0.25) is 5.15 Å². The Bertz CT molecular complexity index is 503. The van der Waals surface area contributed by atoms with Crippen molar-refractivity contribution < 1.29 is 4.39 Å². The van der Waals surface area contributed by atoms with Gasteiger partial charge in [0, 0.05) is 6.20 Å². The zero-order chi connectivity index (χ0) is 12.3. The van der Waals surface area contributed by atoms with Crippen LogP contribution < -0.4 is 5.32 Å². The van der Waals surface area contributed by atoms with E-state index in [4.69, 9.17) is 11.6 Å². The zero-order valence-electron chi connectivity index (χ0n) is 9.06. The monoisotopic (exact) mass is 252 g/mol. The van der Waals surface area contributed by atoms with Gasteiger partial charge in [0.15, 0.2) is 0 Å². The fraction of sp³-hybridized carbons (Fsp3) is 0.182. The predicted octanol–water partition coefficient (Wildman–Crippen LogP) is 2.84. The van der Waals surface area contributed by atoms with Crippen LogP contribution >= 0.6 is 11.6 Å². The molecule has 0 saturated carbocycles. The first-order chi connectivity index (χ1) is 8.15. The number of aromatic nitrogens is 3. The standard InChI is InChI=1S/C11H10ClFN4/c1-7(9-3-2-8(13)6-15-9)16-11-14-5-4-10(12)17-11/h2-7H,1H3,(H,14,16,17). The molecule has 0 aliphatic rings. The van der Waals surface area contributed by atoms with Gasteiger partial charge in [-0.15, -0.1) is 0 Å². The first-order valence-electron chi connectivity index (χ1n) is 5.01. The Hall–Kier alpha value is -1.75. The van der Waals surface area contributed by atoms with Crippen molar-refractivity contribution in [1.29, 1.82) is 0 Å². The van der Waals surface area contributed by atoms with Gasteiger partial charge in [-0.25, -0.2) is 14.4 Å². The van der Waals surface area contributed by atoms with E-state index in [1.807, 2.05) is 6.92 Å². The number of nitrogens with one attached hydrogen (secondary N) is 1. The molecule has 0 spiro atoms. The lowest BCUT2D eigenvalue weighted by Gasteiger charge is -2.12. The minimum absolute atomic E-state index is 0.130. The molecular weight excluding hydrogens is 243 g/mol. The molecule has 4 nitrogen and oxygen atoms in total. The second-order valence-electron chi connectivity index (χ2n) is 3.47. The number of anilines is 1. The van der Waals surface area contributed by atoms with Gasteiger partial charge in [-0.1, -0.05) is 11.6 Å². The third-order valence-electron chi connectivity index (χ3n) is 2.16. The topological polar surface area (TPSA) is 50.7 Å². The fourth-order valence-corrected chi connectivity index (χ4v) is 1.45. The summed E-state index contributed by atoms with van der Waals surface area (Å²) in [6, 6.07) is 4.43. The summed E-state index contributed by atoms with van der Waals surface area (Å²) in [7, 11) is 0. The number of rotatable bonds is 3. The minimum atomic E-state index is -0.361. The molecule has 1 N–H and O–H groups in total. The zero-order valence-corrected chi connectivity index (χ0v) is 9.82. The molecule has 0 saturated heterocycles. The molecule has 1 atom stereocenters. The summed E-state index contributed by atoms with van der Waals surface area (Å²) in [5.41, 5.74) is 0.704. The molecule has 0 fully saturated rings. The lowest BCUT2D eigenvalue weighted by Crippen LogP contribution is -2.10. The van der Waals surface area contributed by atoms with Crippen LogP contribution in [0.25, 0.3) is 0 Å². The highest BCUT2D eigenvalue weighted by atomic mass is 35.5. The predicted molar refractivity (Wildman–Crippen MR) is 63.3 cm³/mol. The highest BCUT2D eigenvalue weighted by molar-refractivity contribution is 6.29. The largest absolute Gasteiger partial charge is 0.346 e. The highest BCUT2D eigenvalue weighted by Crippen LogP contribution is 2.15. The summed E-state index contributed by atoms with van der Waals surface area (Å²) in [4.78, 5) is 12.0. The summed E-state index contributed by atoms with van der Waals surface area (Å²) in [5.74, 6) is 0.0519. The number of nitrogens with zero attached hydrogens (tertiary/aromatic N) is 3. The lowest BCUT2D eigenvalue weighted by molar-refractivity contribution is 0.617. The summed E-state index contributed by atoms with van der Waals surface area (Å²) >= 11 is 5.74. The van der Waals surface area contributed by atoms with Gasteiger partial charge in [0.1, 0.15) is 11.0 Å². The molecule has 6 heteroatoms. The van der Waals surface area contributed by atoms with Crippen LogP contribution in [0.3, 0.4) is 0 Å². The van der Waals surface area contributed by atoms with E-state index in [0.29, 0.717) is 16.8 Å². The molecule has 17 heavy (non-hydrogen) atoms. The Labute approximate surface area is 103 Å². The fourth-order valence-electron chi connectivity index (χ4n) is 1.32. The normalized spacial score (nSPS) is 12.2. The van der Waals surface area contributed by atoms with Crippen LogP contribution in [0.4, 0.5) is 10.3 Å². The first kappa shape index (κ1) is 11.7. The van der Waals surface area contributed by atoms with E-state index in [0.717, 1.165) is 0 Å². The van der Waals surface area contributed by atoms with Gasteiger partial charge in [0.2, 0.25) is 5.95 Å². The van der Waals surface area contributed by atoms with Crippen molar-refractivity contribution >= 4 is 17.5 Å². The van der Waals surface area contributed by atoms with Gasteiger partial charge in [-0.3, -0.25) is 4.98 Å². The number of halogens is 2. The van der Waals surface area contributed by atoms with Crippen molar-refractivity contribution in [3.63, 3.8) is 0 Å². The minimum Gasteiger partial charge on any atom is -0.346 e. The Morgan fingerprint density at radius 2 is 2.12 bits per heavy atom. The molecule has 2 aromatic rings.